The van der Waals surface area contributed by atoms with E-state index in [0.29, 0.717) is 25.9 Å². The number of nitrogens with zero attached hydrogens (tertiary/aromatic N) is 1. The topological polar surface area (TPSA) is 77.1 Å². The van der Waals surface area contributed by atoms with Crippen LogP contribution < -0.4 is 10.1 Å². The highest BCUT2D eigenvalue weighted by Gasteiger charge is 2.34. The molecule has 1 atom stereocenters. The Balaban J connectivity index is 1.75. The first-order valence-electron chi connectivity index (χ1n) is 10.7. The van der Waals surface area contributed by atoms with Crippen LogP contribution >= 0.6 is 0 Å². The van der Waals surface area contributed by atoms with Crippen molar-refractivity contribution in [1.29, 1.82) is 0 Å². The van der Waals surface area contributed by atoms with E-state index in [-0.39, 0.29) is 18.7 Å². The molecule has 2 aromatic rings. The van der Waals surface area contributed by atoms with Crippen molar-refractivity contribution in [1.82, 2.24) is 10.2 Å². The zero-order valence-electron chi connectivity index (χ0n) is 18.8. The number of carbonyl (C=O) groups is 2. The first-order valence-corrected chi connectivity index (χ1v) is 10.7. The lowest BCUT2D eigenvalue weighted by atomic mass is 9.96. The molecule has 1 N–H and O–H groups in total. The number of amides is 2. The lowest BCUT2D eigenvalue weighted by molar-refractivity contribution is -0.129. The second-order valence-electron chi connectivity index (χ2n) is 8.67. The quantitative estimate of drug-likeness (QED) is 0.498. The van der Waals surface area contributed by atoms with Crippen LogP contribution in [0.1, 0.15) is 51.6 Å². The van der Waals surface area contributed by atoms with E-state index in [2.05, 4.69) is 17.4 Å². The molecule has 7 nitrogen and oxygen atoms in total. The van der Waals surface area contributed by atoms with Gasteiger partial charge < -0.3 is 24.4 Å². The normalized spacial score (nSPS) is 16.6. The number of benzene rings is 2. The number of hydrogen-bond donors (Lipinski definition) is 1. The number of fused-ring (bicyclic) bond motifs is 1. The molecule has 1 heterocycles. The van der Waals surface area contributed by atoms with E-state index in [1.165, 1.54) is 0 Å². The van der Waals surface area contributed by atoms with Gasteiger partial charge in [0.25, 0.3) is 0 Å². The lowest BCUT2D eigenvalue weighted by Crippen LogP contribution is -2.35. The van der Waals surface area contributed by atoms with Crippen molar-refractivity contribution in [3.05, 3.63) is 42.0 Å². The zero-order valence-corrected chi connectivity index (χ0v) is 18.8. The lowest BCUT2D eigenvalue weighted by Gasteiger charge is -2.28. The van der Waals surface area contributed by atoms with Crippen LogP contribution in [0.4, 0.5) is 4.79 Å². The van der Waals surface area contributed by atoms with Crippen molar-refractivity contribution in [2.24, 2.45) is 0 Å². The molecule has 0 saturated carbocycles. The van der Waals surface area contributed by atoms with Gasteiger partial charge >= 0.3 is 6.09 Å². The van der Waals surface area contributed by atoms with E-state index < -0.39 is 11.7 Å². The highest BCUT2D eigenvalue weighted by Crippen LogP contribution is 2.41. The fourth-order valence-corrected chi connectivity index (χ4v) is 3.94. The molecule has 1 aliphatic heterocycles. The molecule has 31 heavy (non-hydrogen) atoms. The average molecular weight is 429 g/mol. The smallest absolute Gasteiger partial charge is 0.407 e. The highest BCUT2D eigenvalue weighted by molar-refractivity contribution is 5.90. The summed E-state index contributed by atoms with van der Waals surface area (Å²) in [5.74, 6) is 0.852. The third kappa shape index (κ3) is 5.88. The molecule has 0 unspecified atom stereocenters. The Hall–Kier alpha value is -2.80. The van der Waals surface area contributed by atoms with E-state index in [9.17, 15) is 9.59 Å². The van der Waals surface area contributed by atoms with Gasteiger partial charge in [0.15, 0.2) is 6.79 Å². The van der Waals surface area contributed by atoms with Crippen LogP contribution in [0.5, 0.6) is 5.75 Å². The summed E-state index contributed by atoms with van der Waals surface area (Å²) in [5, 5.41) is 4.94. The maximum Gasteiger partial charge on any atom is 0.407 e. The number of rotatable bonds is 8. The summed E-state index contributed by atoms with van der Waals surface area (Å²) in [7, 11) is 1.59. The van der Waals surface area contributed by atoms with E-state index in [1.54, 1.807) is 7.11 Å². The van der Waals surface area contributed by atoms with Crippen LogP contribution in [0.3, 0.4) is 0 Å². The van der Waals surface area contributed by atoms with E-state index in [1.807, 2.05) is 49.9 Å². The predicted octanol–water partition coefficient (Wildman–Crippen LogP) is 4.40. The second-order valence-corrected chi connectivity index (χ2v) is 8.67. The van der Waals surface area contributed by atoms with Crippen LogP contribution in [0.2, 0.25) is 0 Å². The van der Waals surface area contributed by atoms with Crippen LogP contribution in [-0.4, -0.2) is 49.5 Å². The standard InChI is InChI=1S/C24H32N2O5/c1-24(2,3)31-23(28)25-14-7-15-26-19(11-13-21(26)27)22-18-9-6-5-8-17(18)10-12-20(22)30-16-29-4/h5-6,8-10,12,19H,7,11,13-16H2,1-4H3,(H,25,28)/t19-/m0/s1. The number of hydrogen-bond acceptors (Lipinski definition) is 5. The van der Waals surface area contributed by atoms with Gasteiger partial charge in [0.2, 0.25) is 5.91 Å². The molecule has 3 rings (SSSR count). The second kappa shape index (κ2) is 10.0. The summed E-state index contributed by atoms with van der Waals surface area (Å²) in [6, 6.07) is 12.0. The van der Waals surface area contributed by atoms with E-state index in [4.69, 9.17) is 14.2 Å². The first kappa shape index (κ1) is 22.9. The van der Waals surface area contributed by atoms with Gasteiger partial charge in [-0.3, -0.25) is 4.79 Å². The van der Waals surface area contributed by atoms with Gasteiger partial charge in [0.05, 0.1) is 6.04 Å². The largest absolute Gasteiger partial charge is 0.467 e. The third-order valence-electron chi connectivity index (χ3n) is 5.17. The molecule has 0 aliphatic carbocycles. The Bertz CT molecular complexity index is 922. The van der Waals surface area contributed by atoms with Gasteiger partial charge in [-0.05, 0) is 50.5 Å². The fraction of sp³-hybridized carbons (Fsp3) is 0.500. The molecule has 0 aromatic heterocycles. The fourth-order valence-electron chi connectivity index (χ4n) is 3.94. The maximum atomic E-state index is 12.7. The molecule has 1 saturated heterocycles. The first-order chi connectivity index (χ1) is 14.8. The molecule has 168 valence electrons. The summed E-state index contributed by atoms with van der Waals surface area (Å²) < 4.78 is 16.2. The summed E-state index contributed by atoms with van der Waals surface area (Å²) in [6.07, 6.45) is 1.42. The summed E-state index contributed by atoms with van der Waals surface area (Å²) in [5.41, 5.74) is 0.480. The Morgan fingerprint density at radius 3 is 2.71 bits per heavy atom. The Morgan fingerprint density at radius 2 is 1.97 bits per heavy atom. The van der Waals surface area contributed by atoms with Gasteiger partial charge in [-0.15, -0.1) is 0 Å². The molecule has 0 bridgehead atoms. The van der Waals surface area contributed by atoms with Gasteiger partial charge in [0, 0.05) is 32.2 Å². The number of likely N-dealkylation sites (tertiary alicyclic amines) is 1. The van der Waals surface area contributed by atoms with Crippen molar-refractivity contribution in [3.63, 3.8) is 0 Å². The molecule has 0 radical (unpaired) electrons. The molecule has 1 aliphatic rings. The summed E-state index contributed by atoms with van der Waals surface area (Å²) in [4.78, 5) is 26.4. The minimum absolute atomic E-state index is 0.0769. The SMILES string of the molecule is COCOc1ccc2ccccc2c1[C@@H]1CCC(=O)N1CCCNC(=O)OC(C)(C)C. The van der Waals surface area contributed by atoms with Gasteiger partial charge in [-0.25, -0.2) is 4.79 Å². The van der Waals surface area contributed by atoms with Crippen molar-refractivity contribution in [3.8, 4) is 5.75 Å². The van der Waals surface area contributed by atoms with Crippen molar-refractivity contribution in [2.45, 2.75) is 51.7 Å². The van der Waals surface area contributed by atoms with Crippen LogP contribution in [0, 0.1) is 0 Å². The van der Waals surface area contributed by atoms with Crippen LogP contribution in [0.25, 0.3) is 10.8 Å². The minimum Gasteiger partial charge on any atom is -0.467 e. The number of alkyl carbamates (subject to hydrolysis) is 1. The predicted molar refractivity (Wildman–Crippen MR) is 119 cm³/mol. The van der Waals surface area contributed by atoms with Crippen LogP contribution in [-0.2, 0) is 14.3 Å². The molecule has 2 aromatic carbocycles. The van der Waals surface area contributed by atoms with Crippen LogP contribution in [0.15, 0.2) is 36.4 Å². The Morgan fingerprint density at radius 1 is 1.19 bits per heavy atom. The maximum absolute atomic E-state index is 12.7. The molecule has 2 amide bonds. The number of nitrogens with one attached hydrogen (secondary N) is 1. The average Bonchev–Trinajstić information content (AvgIpc) is 3.07. The van der Waals surface area contributed by atoms with Gasteiger partial charge in [0.1, 0.15) is 11.4 Å². The molecule has 0 spiro atoms. The van der Waals surface area contributed by atoms with Gasteiger partial charge in [-0.2, -0.15) is 0 Å². The Kier molecular flexibility index (Phi) is 7.38. The monoisotopic (exact) mass is 428 g/mol. The molecule has 1 fully saturated rings. The van der Waals surface area contributed by atoms with E-state index in [0.717, 1.165) is 28.5 Å². The highest BCUT2D eigenvalue weighted by atomic mass is 16.7. The zero-order chi connectivity index (χ0) is 22.4. The van der Waals surface area contributed by atoms with Crippen molar-refractivity contribution < 1.29 is 23.8 Å². The Labute approximate surface area is 183 Å². The van der Waals surface area contributed by atoms with Gasteiger partial charge in [-0.1, -0.05) is 30.3 Å². The summed E-state index contributed by atoms with van der Waals surface area (Å²) >= 11 is 0. The van der Waals surface area contributed by atoms with E-state index >= 15 is 0 Å². The van der Waals surface area contributed by atoms with Crippen molar-refractivity contribution >= 4 is 22.8 Å². The number of methoxy groups -OCH3 is 1. The van der Waals surface area contributed by atoms with Crippen molar-refractivity contribution in [2.75, 3.05) is 27.0 Å². The summed E-state index contributed by atoms with van der Waals surface area (Å²) in [6.45, 7) is 6.61. The molecule has 7 heteroatoms. The minimum atomic E-state index is -0.535. The molecular formula is C24H32N2O5. The third-order valence-corrected chi connectivity index (χ3v) is 5.17. The number of ether oxygens (including phenoxy) is 3. The molecular weight excluding hydrogens is 396 g/mol. The number of carbonyl (C=O) groups excluding carboxylic acids is 2.